The van der Waals surface area contributed by atoms with Crippen LogP contribution in [0.25, 0.3) is 0 Å². The third kappa shape index (κ3) is 5.82. The summed E-state index contributed by atoms with van der Waals surface area (Å²) in [7, 11) is -5.31. The summed E-state index contributed by atoms with van der Waals surface area (Å²) >= 11 is 0. The van der Waals surface area contributed by atoms with E-state index in [-0.39, 0.29) is 5.41 Å². The normalized spacial score (nSPS) is 20.7. The lowest BCUT2D eigenvalue weighted by atomic mass is 9.91. The molecule has 1 N–H and O–H groups in total. The Labute approximate surface area is 199 Å². The molecule has 0 saturated heterocycles. The maximum absolute atomic E-state index is 13.6. The molecule has 0 bridgehead atoms. The Morgan fingerprint density at radius 3 is 2.00 bits per heavy atom. The van der Waals surface area contributed by atoms with Gasteiger partial charge in [0.25, 0.3) is 10.2 Å². The lowest BCUT2D eigenvalue weighted by molar-refractivity contribution is 0.432. The molecule has 1 aliphatic carbocycles. The summed E-state index contributed by atoms with van der Waals surface area (Å²) in [5, 5.41) is 0. The van der Waals surface area contributed by atoms with E-state index < -0.39 is 18.3 Å². The summed E-state index contributed by atoms with van der Waals surface area (Å²) in [6.07, 6.45) is 1.52. The first-order valence-corrected chi connectivity index (χ1v) is 16.7. The second kappa shape index (κ2) is 9.55. The molecule has 6 heteroatoms. The molecule has 1 fully saturated rings. The zero-order chi connectivity index (χ0) is 23.5. The number of hydrogen-bond donors (Lipinski definition) is 1. The third-order valence-corrected chi connectivity index (χ3v) is 9.40. The second-order valence-corrected chi connectivity index (χ2v) is 17.5. The van der Waals surface area contributed by atoms with Crippen LogP contribution in [0.3, 0.4) is 0 Å². The Kier molecular flexibility index (Phi) is 6.91. The molecule has 2 atom stereocenters. The molecule has 0 aromatic heterocycles. The van der Waals surface area contributed by atoms with Crippen LogP contribution in [-0.2, 0) is 22.2 Å². The van der Waals surface area contributed by atoms with Crippen LogP contribution in [-0.4, -0.2) is 33.5 Å². The summed E-state index contributed by atoms with van der Waals surface area (Å²) in [6.45, 7) is 7.41. The molecule has 0 heterocycles. The molecule has 1 aliphatic rings. The van der Waals surface area contributed by atoms with E-state index in [0.29, 0.717) is 25.2 Å². The van der Waals surface area contributed by atoms with E-state index in [4.69, 9.17) is 0 Å². The van der Waals surface area contributed by atoms with Crippen LogP contribution < -0.4 is 4.72 Å². The van der Waals surface area contributed by atoms with Gasteiger partial charge in [-0.2, -0.15) is 12.7 Å². The Morgan fingerprint density at radius 1 is 0.879 bits per heavy atom. The van der Waals surface area contributed by atoms with Gasteiger partial charge >= 0.3 is 0 Å². The van der Waals surface area contributed by atoms with E-state index in [9.17, 15) is 8.42 Å². The number of nitrogens with one attached hydrogen (secondary N) is 1. The van der Waals surface area contributed by atoms with Gasteiger partial charge in [-0.1, -0.05) is 111 Å². The molecular formula is C27H34N2O2SSi. The molecular weight excluding hydrogens is 444 g/mol. The molecule has 0 unspecified atom stereocenters. The standard InChI is InChI=1S/C27H34N2O2SSi/c1-33(2,3)22-29(20-23-13-7-4-8-14-23)32(30,31)28-21-27(25-17-11-6-12-18-25)19-26(27)24-15-9-5-10-16-24/h4-18,26,28H,19-22H2,1-3H3/t26-,27-/m1/s1. The summed E-state index contributed by atoms with van der Waals surface area (Å²) in [4.78, 5) is 0. The zero-order valence-corrected chi connectivity index (χ0v) is 21.6. The van der Waals surface area contributed by atoms with Crippen LogP contribution >= 0.6 is 0 Å². The monoisotopic (exact) mass is 478 g/mol. The molecule has 3 aromatic carbocycles. The van der Waals surface area contributed by atoms with E-state index in [1.165, 1.54) is 11.1 Å². The molecule has 0 aliphatic heterocycles. The van der Waals surface area contributed by atoms with Gasteiger partial charge in [-0.05, 0) is 29.0 Å². The number of nitrogens with zero attached hydrogens (tertiary/aromatic N) is 1. The van der Waals surface area contributed by atoms with Gasteiger partial charge in [0.15, 0.2) is 0 Å². The number of benzene rings is 3. The highest BCUT2D eigenvalue weighted by atomic mass is 32.2. The lowest BCUT2D eigenvalue weighted by Crippen LogP contribution is -2.49. The van der Waals surface area contributed by atoms with Crippen molar-refractivity contribution in [1.29, 1.82) is 0 Å². The molecule has 4 rings (SSSR count). The average Bonchev–Trinajstić information content (AvgIpc) is 3.55. The summed E-state index contributed by atoms with van der Waals surface area (Å²) in [5.41, 5.74) is 3.26. The second-order valence-electron chi connectivity index (χ2n) is 10.3. The molecule has 33 heavy (non-hydrogen) atoms. The fraction of sp³-hybridized carbons (Fsp3) is 0.333. The molecule has 4 nitrogen and oxygen atoms in total. The summed E-state index contributed by atoms with van der Waals surface area (Å²) < 4.78 is 31.9. The topological polar surface area (TPSA) is 49.4 Å². The van der Waals surface area contributed by atoms with E-state index in [2.05, 4.69) is 60.8 Å². The van der Waals surface area contributed by atoms with Gasteiger partial charge in [0, 0.05) is 24.7 Å². The molecule has 0 radical (unpaired) electrons. The first-order valence-electron chi connectivity index (χ1n) is 11.6. The van der Waals surface area contributed by atoms with Crippen molar-refractivity contribution in [3.05, 3.63) is 108 Å². The first kappa shape index (κ1) is 23.9. The molecule has 3 aromatic rings. The summed E-state index contributed by atoms with van der Waals surface area (Å²) in [6, 6.07) is 30.6. The minimum atomic E-state index is -3.64. The van der Waals surface area contributed by atoms with E-state index >= 15 is 0 Å². The smallest absolute Gasteiger partial charge is 0.201 e. The predicted octanol–water partition coefficient (Wildman–Crippen LogP) is 5.33. The van der Waals surface area contributed by atoms with Crippen LogP contribution in [0.5, 0.6) is 0 Å². The first-order chi connectivity index (χ1) is 15.7. The van der Waals surface area contributed by atoms with Gasteiger partial charge in [-0.15, -0.1) is 0 Å². The van der Waals surface area contributed by atoms with Crippen molar-refractivity contribution in [1.82, 2.24) is 9.03 Å². The van der Waals surface area contributed by atoms with Gasteiger partial charge in [0.2, 0.25) is 0 Å². The highest BCUT2D eigenvalue weighted by Crippen LogP contribution is 2.60. The fourth-order valence-electron chi connectivity index (χ4n) is 4.67. The minimum Gasteiger partial charge on any atom is -0.201 e. The van der Waals surface area contributed by atoms with Crippen molar-refractivity contribution in [2.45, 2.75) is 43.9 Å². The van der Waals surface area contributed by atoms with Crippen LogP contribution in [0.4, 0.5) is 0 Å². The molecule has 0 spiro atoms. The maximum Gasteiger partial charge on any atom is 0.279 e. The van der Waals surface area contributed by atoms with Gasteiger partial charge in [-0.25, -0.2) is 4.72 Å². The molecule has 0 amide bonds. The van der Waals surface area contributed by atoms with Crippen molar-refractivity contribution in [3.8, 4) is 0 Å². The van der Waals surface area contributed by atoms with Crippen molar-refractivity contribution >= 4 is 18.3 Å². The maximum atomic E-state index is 13.6. The number of rotatable bonds is 10. The Hall–Kier alpha value is -2.25. The van der Waals surface area contributed by atoms with Crippen LogP contribution in [0.1, 0.15) is 29.0 Å². The Balaban J connectivity index is 1.58. The van der Waals surface area contributed by atoms with Gasteiger partial charge in [0.05, 0.1) is 8.07 Å². The minimum absolute atomic E-state index is 0.215. The van der Waals surface area contributed by atoms with Crippen molar-refractivity contribution in [3.63, 3.8) is 0 Å². The Bertz CT molecular complexity index is 1150. The van der Waals surface area contributed by atoms with E-state index in [0.717, 1.165) is 12.0 Å². The van der Waals surface area contributed by atoms with Crippen molar-refractivity contribution < 1.29 is 8.42 Å². The summed E-state index contributed by atoms with van der Waals surface area (Å²) in [5.74, 6) is 0.309. The molecule has 174 valence electrons. The SMILES string of the molecule is C[Si](C)(C)CN(Cc1ccccc1)S(=O)(=O)NC[C@@]1(c2ccccc2)C[C@@H]1c1ccccc1. The Morgan fingerprint density at radius 2 is 1.42 bits per heavy atom. The van der Waals surface area contributed by atoms with E-state index in [1.807, 2.05) is 54.6 Å². The lowest BCUT2D eigenvalue weighted by Gasteiger charge is -2.29. The fourth-order valence-corrected chi connectivity index (χ4v) is 8.62. The van der Waals surface area contributed by atoms with Crippen LogP contribution in [0.2, 0.25) is 19.6 Å². The van der Waals surface area contributed by atoms with Crippen molar-refractivity contribution in [2.75, 3.05) is 12.7 Å². The highest BCUT2D eigenvalue weighted by Gasteiger charge is 2.56. The van der Waals surface area contributed by atoms with Crippen molar-refractivity contribution in [2.24, 2.45) is 0 Å². The van der Waals surface area contributed by atoms with Crippen LogP contribution in [0.15, 0.2) is 91.0 Å². The predicted molar refractivity (Wildman–Crippen MR) is 139 cm³/mol. The zero-order valence-electron chi connectivity index (χ0n) is 19.7. The largest absolute Gasteiger partial charge is 0.279 e. The van der Waals surface area contributed by atoms with Crippen LogP contribution in [0, 0.1) is 0 Å². The molecule has 1 saturated carbocycles. The van der Waals surface area contributed by atoms with E-state index in [1.54, 1.807) is 4.31 Å². The van der Waals surface area contributed by atoms with Gasteiger partial charge in [-0.3, -0.25) is 0 Å². The number of hydrogen-bond acceptors (Lipinski definition) is 2. The van der Waals surface area contributed by atoms with Gasteiger partial charge in [0.1, 0.15) is 0 Å². The average molecular weight is 479 g/mol. The van der Waals surface area contributed by atoms with Gasteiger partial charge < -0.3 is 0 Å². The quantitative estimate of drug-likeness (QED) is 0.401. The highest BCUT2D eigenvalue weighted by molar-refractivity contribution is 7.87. The third-order valence-electron chi connectivity index (χ3n) is 6.39.